The number of hydrogen-bond acceptors (Lipinski definition) is 3. The van der Waals surface area contributed by atoms with Crippen LogP contribution in [0.5, 0.6) is 0 Å². The number of fused-ring (bicyclic) bond motifs is 1. The highest BCUT2D eigenvalue weighted by Crippen LogP contribution is 2.25. The Bertz CT molecular complexity index is 562. The van der Waals surface area contributed by atoms with Gasteiger partial charge in [-0.1, -0.05) is 42.4 Å². The van der Waals surface area contributed by atoms with Gasteiger partial charge in [0, 0.05) is 18.7 Å². The zero-order chi connectivity index (χ0) is 13.1. The van der Waals surface area contributed by atoms with E-state index >= 15 is 0 Å². The lowest BCUT2D eigenvalue weighted by atomic mass is 10.1. The molecule has 1 aliphatic heterocycles. The van der Waals surface area contributed by atoms with E-state index in [1.807, 2.05) is 11.8 Å². The Morgan fingerprint density at radius 2 is 2.05 bits per heavy atom. The predicted molar refractivity (Wildman–Crippen MR) is 78.3 cm³/mol. The number of benzene rings is 1. The van der Waals surface area contributed by atoms with E-state index in [0.717, 1.165) is 23.9 Å². The van der Waals surface area contributed by atoms with Crippen molar-refractivity contribution in [3.8, 4) is 0 Å². The molecule has 1 aromatic heterocycles. The van der Waals surface area contributed by atoms with Gasteiger partial charge >= 0.3 is 0 Å². The van der Waals surface area contributed by atoms with E-state index in [1.54, 1.807) is 0 Å². The van der Waals surface area contributed by atoms with Gasteiger partial charge in [-0.15, -0.1) is 10.2 Å². The fourth-order valence-electron chi connectivity index (χ4n) is 2.48. The van der Waals surface area contributed by atoms with Crippen molar-refractivity contribution in [2.45, 2.75) is 50.1 Å². The summed E-state index contributed by atoms with van der Waals surface area (Å²) in [5, 5.41) is 9.79. The van der Waals surface area contributed by atoms with Crippen LogP contribution in [0.4, 0.5) is 0 Å². The molecule has 19 heavy (non-hydrogen) atoms. The van der Waals surface area contributed by atoms with Crippen LogP contribution in [0.3, 0.4) is 0 Å². The van der Waals surface area contributed by atoms with Crippen LogP contribution in [-0.2, 0) is 18.7 Å². The Labute approximate surface area is 118 Å². The molecular formula is C15H19N3S. The molecule has 2 aromatic rings. The summed E-state index contributed by atoms with van der Waals surface area (Å²) in [7, 11) is 0. The van der Waals surface area contributed by atoms with Crippen molar-refractivity contribution in [1.82, 2.24) is 14.8 Å². The highest BCUT2D eigenvalue weighted by Gasteiger charge is 2.15. The summed E-state index contributed by atoms with van der Waals surface area (Å²) in [6.07, 6.45) is 4.90. The summed E-state index contributed by atoms with van der Waals surface area (Å²) in [4.78, 5) is 0. The van der Waals surface area contributed by atoms with Crippen LogP contribution in [0, 0.1) is 6.92 Å². The summed E-state index contributed by atoms with van der Waals surface area (Å²) >= 11 is 1.81. The van der Waals surface area contributed by atoms with E-state index < -0.39 is 0 Å². The normalized spacial score (nSPS) is 15.0. The van der Waals surface area contributed by atoms with Gasteiger partial charge in [-0.3, -0.25) is 0 Å². The molecule has 4 heteroatoms. The van der Waals surface area contributed by atoms with Crippen molar-refractivity contribution >= 4 is 11.8 Å². The molecule has 0 atom stereocenters. The zero-order valence-electron chi connectivity index (χ0n) is 11.3. The quantitative estimate of drug-likeness (QED) is 0.800. The Balaban J connectivity index is 1.74. The van der Waals surface area contributed by atoms with Crippen molar-refractivity contribution in [1.29, 1.82) is 0 Å². The molecule has 0 amide bonds. The van der Waals surface area contributed by atoms with Gasteiger partial charge in [-0.2, -0.15) is 0 Å². The molecule has 0 unspecified atom stereocenters. The van der Waals surface area contributed by atoms with Crippen LogP contribution in [0.25, 0.3) is 0 Å². The molecule has 0 saturated heterocycles. The van der Waals surface area contributed by atoms with Gasteiger partial charge < -0.3 is 4.57 Å². The van der Waals surface area contributed by atoms with E-state index in [4.69, 9.17) is 0 Å². The first-order chi connectivity index (χ1) is 9.34. The first-order valence-corrected chi connectivity index (χ1v) is 7.92. The molecule has 2 heterocycles. The third-order valence-corrected chi connectivity index (χ3v) is 4.71. The molecule has 1 aliphatic rings. The fourth-order valence-corrected chi connectivity index (χ4v) is 3.54. The van der Waals surface area contributed by atoms with Crippen LogP contribution < -0.4 is 0 Å². The van der Waals surface area contributed by atoms with Gasteiger partial charge in [0.1, 0.15) is 5.82 Å². The Morgan fingerprint density at radius 1 is 1.16 bits per heavy atom. The molecule has 100 valence electrons. The first kappa shape index (κ1) is 12.7. The number of nitrogens with zero attached hydrogens (tertiary/aromatic N) is 3. The monoisotopic (exact) mass is 273 g/mol. The lowest BCUT2D eigenvalue weighted by Gasteiger charge is -2.07. The Morgan fingerprint density at radius 3 is 2.95 bits per heavy atom. The topological polar surface area (TPSA) is 30.7 Å². The zero-order valence-corrected chi connectivity index (χ0v) is 12.1. The lowest BCUT2D eigenvalue weighted by molar-refractivity contribution is 0.591. The van der Waals surface area contributed by atoms with Crippen molar-refractivity contribution in [3.63, 3.8) is 0 Å². The smallest absolute Gasteiger partial charge is 0.191 e. The Kier molecular flexibility index (Phi) is 3.87. The molecule has 0 saturated carbocycles. The summed E-state index contributed by atoms with van der Waals surface area (Å²) in [6, 6.07) is 8.56. The second kappa shape index (κ2) is 5.78. The number of hydrogen-bond donors (Lipinski definition) is 0. The van der Waals surface area contributed by atoms with Gasteiger partial charge in [0.25, 0.3) is 0 Å². The van der Waals surface area contributed by atoms with E-state index in [-0.39, 0.29) is 0 Å². The highest BCUT2D eigenvalue weighted by atomic mass is 32.2. The summed E-state index contributed by atoms with van der Waals surface area (Å²) in [5.41, 5.74) is 2.74. The summed E-state index contributed by atoms with van der Waals surface area (Å²) < 4.78 is 2.32. The second-order valence-electron chi connectivity index (χ2n) is 5.08. The van der Waals surface area contributed by atoms with E-state index in [1.165, 1.54) is 36.2 Å². The van der Waals surface area contributed by atoms with Crippen molar-refractivity contribution in [2.75, 3.05) is 0 Å². The molecule has 3 rings (SSSR count). The minimum atomic E-state index is 0.977. The van der Waals surface area contributed by atoms with Gasteiger partial charge in [-0.05, 0) is 30.9 Å². The average Bonchev–Trinajstić information content (AvgIpc) is 2.66. The van der Waals surface area contributed by atoms with E-state index in [0.29, 0.717) is 0 Å². The first-order valence-electron chi connectivity index (χ1n) is 6.94. The van der Waals surface area contributed by atoms with Crippen LogP contribution in [-0.4, -0.2) is 14.8 Å². The number of aryl methyl sites for hydroxylation is 2. The van der Waals surface area contributed by atoms with Crippen LogP contribution >= 0.6 is 11.8 Å². The fraction of sp³-hybridized carbons (Fsp3) is 0.467. The number of thioether (sulfide) groups is 1. The third kappa shape index (κ3) is 2.84. The SMILES string of the molecule is Cc1ccccc1CSc1nnc2n1CCCCC2. The molecule has 0 aliphatic carbocycles. The molecule has 0 radical (unpaired) electrons. The van der Waals surface area contributed by atoms with Gasteiger partial charge in [0.2, 0.25) is 0 Å². The predicted octanol–water partition coefficient (Wildman–Crippen LogP) is 3.61. The summed E-state index contributed by atoms with van der Waals surface area (Å²) in [5.74, 6) is 2.15. The van der Waals surface area contributed by atoms with Crippen LogP contribution in [0.2, 0.25) is 0 Å². The van der Waals surface area contributed by atoms with Crippen molar-refractivity contribution in [2.24, 2.45) is 0 Å². The minimum Gasteiger partial charge on any atom is -0.306 e. The van der Waals surface area contributed by atoms with Crippen LogP contribution in [0.15, 0.2) is 29.4 Å². The molecule has 3 nitrogen and oxygen atoms in total. The van der Waals surface area contributed by atoms with Gasteiger partial charge in [0.05, 0.1) is 0 Å². The maximum absolute atomic E-state index is 4.36. The van der Waals surface area contributed by atoms with E-state index in [2.05, 4.69) is 46.0 Å². The third-order valence-electron chi connectivity index (χ3n) is 3.69. The largest absolute Gasteiger partial charge is 0.306 e. The summed E-state index contributed by atoms with van der Waals surface area (Å²) in [6.45, 7) is 3.25. The van der Waals surface area contributed by atoms with Crippen molar-refractivity contribution < 1.29 is 0 Å². The molecule has 0 bridgehead atoms. The van der Waals surface area contributed by atoms with Gasteiger partial charge in [-0.25, -0.2) is 0 Å². The highest BCUT2D eigenvalue weighted by molar-refractivity contribution is 7.98. The molecule has 0 fully saturated rings. The van der Waals surface area contributed by atoms with E-state index in [9.17, 15) is 0 Å². The minimum absolute atomic E-state index is 0.977. The molecule has 1 aromatic carbocycles. The van der Waals surface area contributed by atoms with Gasteiger partial charge in [0.15, 0.2) is 5.16 Å². The number of aromatic nitrogens is 3. The average molecular weight is 273 g/mol. The maximum Gasteiger partial charge on any atom is 0.191 e. The van der Waals surface area contributed by atoms with Crippen molar-refractivity contribution in [3.05, 3.63) is 41.2 Å². The molecular weight excluding hydrogens is 254 g/mol. The number of rotatable bonds is 3. The molecule has 0 spiro atoms. The molecule has 0 N–H and O–H groups in total. The lowest BCUT2D eigenvalue weighted by Crippen LogP contribution is -2.02. The maximum atomic E-state index is 4.36. The standard InChI is InChI=1S/C15H19N3S/c1-12-7-4-5-8-13(12)11-19-15-17-16-14-9-3-2-6-10-18(14)15/h4-5,7-8H,2-3,6,9-11H2,1H3. The second-order valence-corrected chi connectivity index (χ2v) is 6.02. The Hall–Kier alpha value is -1.29. The van der Waals surface area contributed by atoms with Crippen LogP contribution in [0.1, 0.15) is 36.2 Å².